The van der Waals surface area contributed by atoms with Gasteiger partial charge >= 0.3 is 189 Å². The zero-order chi connectivity index (χ0) is 24.6. The van der Waals surface area contributed by atoms with Gasteiger partial charge in [0.05, 0.1) is 0 Å². The van der Waals surface area contributed by atoms with E-state index < -0.39 is 23.8 Å². The summed E-state index contributed by atoms with van der Waals surface area (Å²) < 4.78 is 23.7. The summed E-state index contributed by atoms with van der Waals surface area (Å²) in [4.78, 5) is 12.0. The van der Waals surface area contributed by atoms with Gasteiger partial charge in [0.15, 0.2) is 0 Å². The minimum atomic E-state index is -2.13. The van der Waals surface area contributed by atoms with Crippen LogP contribution in [0.4, 0.5) is 0 Å². The zero-order valence-corrected chi connectivity index (χ0v) is 25.6. The fourth-order valence-corrected chi connectivity index (χ4v) is 19.7. The predicted octanol–water partition coefficient (Wildman–Crippen LogP) is 8.28. The third kappa shape index (κ3) is 12.9. The fourth-order valence-electron chi connectivity index (χ4n) is 4.69. The number of hydrogen-bond donors (Lipinski definition) is 0. The quantitative estimate of drug-likeness (QED) is 0.0761. The first-order chi connectivity index (χ1) is 15.8. The molecule has 0 aromatic carbocycles. The minimum absolute atomic E-state index is 0.102. The second-order valence-corrected chi connectivity index (χ2v) is 25.1. The Kier molecular flexibility index (Phi) is 16.1. The van der Waals surface area contributed by atoms with Crippen molar-refractivity contribution in [3.63, 3.8) is 0 Å². The molecule has 0 N–H and O–H groups in total. The Morgan fingerprint density at radius 1 is 1.00 bits per heavy atom. The Labute approximate surface area is 209 Å². The van der Waals surface area contributed by atoms with Crippen LogP contribution in [0.5, 0.6) is 0 Å². The van der Waals surface area contributed by atoms with E-state index in [0.29, 0.717) is 6.61 Å². The van der Waals surface area contributed by atoms with Gasteiger partial charge in [-0.2, -0.15) is 0 Å². The van der Waals surface area contributed by atoms with Gasteiger partial charge in [-0.15, -0.1) is 0 Å². The molecular weight excluding hydrogens is 519 g/mol. The predicted molar refractivity (Wildman–Crippen MR) is 142 cm³/mol. The molecule has 1 heterocycles. The van der Waals surface area contributed by atoms with Crippen LogP contribution in [-0.4, -0.2) is 49.8 Å². The summed E-state index contributed by atoms with van der Waals surface area (Å²) >= 11 is -2.13. The third-order valence-corrected chi connectivity index (χ3v) is 22.2. The van der Waals surface area contributed by atoms with Crippen LogP contribution in [0.3, 0.4) is 0 Å². The molecule has 0 spiro atoms. The van der Waals surface area contributed by atoms with Gasteiger partial charge in [0.1, 0.15) is 0 Å². The van der Waals surface area contributed by atoms with Crippen molar-refractivity contribution in [2.75, 3.05) is 13.2 Å². The summed E-state index contributed by atoms with van der Waals surface area (Å²) in [6.07, 6.45) is 16.6. The number of rotatable bonds is 17. The molecule has 4 nitrogen and oxygen atoms in total. The van der Waals surface area contributed by atoms with E-state index in [4.69, 9.17) is 14.2 Å². The van der Waals surface area contributed by atoms with Crippen molar-refractivity contribution in [2.24, 2.45) is 5.41 Å². The maximum absolute atomic E-state index is 12.0. The van der Waals surface area contributed by atoms with E-state index in [1.54, 1.807) is 0 Å². The van der Waals surface area contributed by atoms with Crippen molar-refractivity contribution >= 4 is 24.3 Å². The Bertz CT molecular complexity index is 519. The molecule has 5 heteroatoms. The van der Waals surface area contributed by atoms with E-state index in [-0.39, 0.29) is 18.2 Å². The van der Waals surface area contributed by atoms with Crippen molar-refractivity contribution in [1.29, 1.82) is 0 Å². The average molecular weight is 573 g/mol. The normalized spacial score (nSPS) is 19.7. The van der Waals surface area contributed by atoms with Gasteiger partial charge in [-0.25, -0.2) is 0 Å². The van der Waals surface area contributed by atoms with Crippen molar-refractivity contribution in [3.8, 4) is 0 Å². The monoisotopic (exact) mass is 574 g/mol. The van der Waals surface area contributed by atoms with Crippen LogP contribution in [0, 0.1) is 5.41 Å². The number of allylic oxidation sites excluding steroid dienone is 1. The second kappa shape index (κ2) is 17.2. The van der Waals surface area contributed by atoms with Crippen LogP contribution in [0.25, 0.3) is 0 Å². The molecule has 0 aliphatic carbocycles. The molecule has 1 rings (SSSR count). The Balaban J connectivity index is 2.58. The number of carbonyl (C=O) groups is 1. The molecule has 2 atom stereocenters. The van der Waals surface area contributed by atoms with E-state index >= 15 is 0 Å². The van der Waals surface area contributed by atoms with Gasteiger partial charge in [0.25, 0.3) is 0 Å². The topological polar surface area (TPSA) is 44.8 Å². The van der Waals surface area contributed by atoms with E-state index in [1.165, 1.54) is 56.3 Å². The molecule has 1 saturated heterocycles. The van der Waals surface area contributed by atoms with E-state index in [2.05, 4.69) is 26.8 Å². The Hall–Kier alpha value is -0.231. The number of ether oxygens (including phenoxy) is 3. The first-order valence-corrected chi connectivity index (χ1v) is 21.9. The first-order valence-electron chi connectivity index (χ1n) is 13.9. The molecule has 0 aromatic rings. The van der Waals surface area contributed by atoms with Crippen LogP contribution in [0.2, 0.25) is 17.7 Å². The fraction of sp³-hybridized carbons (Fsp3) is 0.893. The van der Waals surface area contributed by atoms with Gasteiger partial charge in [-0.05, 0) is 20.8 Å². The molecule has 194 valence electrons. The van der Waals surface area contributed by atoms with Gasteiger partial charge in [0, 0.05) is 0 Å². The molecule has 0 radical (unpaired) electrons. The number of unbranched alkanes of at least 4 members (excludes halogenated alkanes) is 3. The van der Waals surface area contributed by atoms with Gasteiger partial charge in [-0.3, -0.25) is 0 Å². The summed E-state index contributed by atoms with van der Waals surface area (Å²) in [5, 5.41) is 0. The Morgan fingerprint density at radius 2 is 1.61 bits per heavy atom. The van der Waals surface area contributed by atoms with E-state index in [1.807, 2.05) is 27.0 Å². The summed E-state index contributed by atoms with van der Waals surface area (Å²) in [5.74, 6) is -0.133. The zero-order valence-electron chi connectivity index (χ0n) is 22.8. The molecule has 0 aromatic heterocycles. The van der Waals surface area contributed by atoms with Crippen LogP contribution in [-0.2, 0) is 19.0 Å². The van der Waals surface area contributed by atoms with Gasteiger partial charge in [-0.1, -0.05) is 0 Å². The molecule has 0 amide bonds. The van der Waals surface area contributed by atoms with E-state index in [9.17, 15) is 4.79 Å². The molecule has 1 fully saturated rings. The van der Waals surface area contributed by atoms with E-state index in [0.717, 1.165) is 32.3 Å². The molecule has 33 heavy (non-hydrogen) atoms. The van der Waals surface area contributed by atoms with Crippen molar-refractivity contribution in [2.45, 2.75) is 136 Å². The summed E-state index contributed by atoms with van der Waals surface area (Å²) in [6, 6.07) is 0. The van der Waals surface area contributed by atoms with Crippen molar-refractivity contribution in [1.82, 2.24) is 0 Å². The van der Waals surface area contributed by atoms with Crippen molar-refractivity contribution in [3.05, 3.63) is 12.3 Å². The number of hydrogen-bond acceptors (Lipinski definition) is 4. The molecule has 0 unspecified atom stereocenters. The Morgan fingerprint density at radius 3 is 2.15 bits per heavy atom. The first kappa shape index (κ1) is 30.8. The SMILES string of the molecule is CCC[CH2][Sn]([CH2]/C=C\O[C@H]1CCCO[C@@H]1CCCOC(=O)C(C)(C)C)([CH2]CCC)[CH2]CCC. The average Bonchev–Trinajstić information content (AvgIpc) is 2.80. The van der Waals surface area contributed by atoms with Crippen LogP contribution < -0.4 is 0 Å². The number of esters is 1. The second-order valence-electron chi connectivity index (χ2n) is 11.1. The summed E-state index contributed by atoms with van der Waals surface area (Å²) in [6.45, 7) is 13.9. The third-order valence-electron chi connectivity index (χ3n) is 6.94. The molecule has 1 aliphatic rings. The molecule has 1 aliphatic heterocycles. The van der Waals surface area contributed by atoms with Gasteiger partial charge in [0.2, 0.25) is 0 Å². The molecule has 0 saturated carbocycles. The van der Waals surface area contributed by atoms with Crippen LogP contribution in [0.1, 0.15) is 106 Å². The summed E-state index contributed by atoms with van der Waals surface area (Å²) in [5.41, 5.74) is -0.441. The molecule has 0 bridgehead atoms. The molecular formula is C28H54O4Sn. The standard InChI is InChI=1S/C16H27O4.3C4H9.Sn/c1-5-10-18-13-8-6-11-19-14(13)9-7-12-20-15(17)16(2,3)4;3*1-3-4-2;/h5,10,13-14H,1,6-9,11-12H2,2-4H3;3*1,3-4H2,2H3;/b10-5-;;;;/t13-,14+;;;;/m0..../s1. The maximum atomic E-state index is 12.0. The van der Waals surface area contributed by atoms with Crippen LogP contribution >= 0.6 is 0 Å². The number of carbonyl (C=O) groups excluding carboxylic acids is 1. The van der Waals surface area contributed by atoms with Gasteiger partial charge < -0.3 is 0 Å². The van der Waals surface area contributed by atoms with Crippen LogP contribution in [0.15, 0.2) is 12.3 Å². The van der Waals surface area contributed by atoms with Crippen molar-refractivity contribution < 1.29 is 19.0 Å². The summed E-state index contributed by atoms with van der Waals surface area (Å²) in [7, 11) is 0.